The molecule has 2 heterocycles. The number of hydrogen-bond acceptors (Lipinski definition) is 4. The molecule has 2 atom stereocenters. The Morgan fingerprint density at radius 3 is 2.91 bits per heavy atom. The Balaban J connectivity index is 2.03. The van der Waals surface area contributed by atoms with Crippen molar-refractivity contribution >= 4 is 72.6 Å². The Hall–Kier alpha value is -0.320. The largest absolute Gasteiger partial charge is 0.316 e. The highest BCUT2D eigenvalue weighted by Gasteiger charge is 2.49. The van der Waals surface area contributed by atoms with Gasteiger partial charge < -0.3 is 4.90 Å². The Labute approximate surface area is 151 Å². The van der Waals surface area contributed by atoms with Gasteiger partial charge in [0.1, 0.15) is 5.88 Å². The summed E-state index contributed by atoms with van der Waals surface area (Å²) in [5.41, 5.74) is 0.852. The Morgan fingerprint density at radius 1 is 1.45 bits per heavy atom. The highest BCUT2D eigenvalue weighted by molar-refractivity contribution is 14.1. The smallest absolute Gasteiger partial charge is 0.262 e. The number of carbonyl (C=O) groups is 1. The van der Waals surface area contributed by atoms with Gasteiger partial charge >= 0.3 is 0 Å². The first-order chi connectivity index (χ1) is 10.4. The zero-order chi connectivity index (χ0) is 15.9. The third kappa shape index (κ3) is 3.29. The summed E-state index contributed by atoms with van der Waals surface area (Å²) in [7, 11) is -3.04. The zero-order valence-electron chi connectivity index (χ0n) is 11.3. The maximum absolute atomic E-state index is 11.9. The number of sulfone groups is 1. The van der Waals surface area contributed by atoms with Crippen molar-refractivity contribution in [2.45, 2.75) is 11.3 Å². The normalized spacial score (nSPS) is 28.1. The van der Waals surface area contributed by atoms with Gasteiger partial charge in [0.25, 0.3) is 5.91 Å². The molecule has 0 saturated carbocycles. The Morgan fingerprint density at radius 2 is 2.23 bits per heavy atom. The number of halogens is 2. The van der Waals surface area contributed by atoms with Crippen LogP contribution in [0.5, 0.6) is 0 Å². The lowest BCUT2D eigenvalue weighted by Crippen LogP contribution is -2.37. The number of hydrogen-bond donors (Lipinski definition) is 0. The lowest BCUT2D eigenvalue weighted by molar-refractivity contribution is -0.115. The minimum absolute atomic E-state index is 0.0875. The minimum Gasteiger partial charge on any atom is -0.316 e. The number of nitrogens with zero attached hydrogens (tertiary/aromatic N) is 2. The molecule has 0 aliphatic carbocycles. The van der Waals surface area contributed by atoms with E-state index in [2.05, 4.69) is 27.6 Å². The van der Waals surface area contributed by atoms with Crippen LogP contribution in [0.1, 0.15) is 0 Å². The van der Waals surface area contributed by atoms with Crippen LogP contribution in [0.25, 0.3) is 0 Å². The minimum atomic E-state index is -3.04. The van der Waals surface area contributed by atoms with Gasteiger partial charge in [-0.2, -0.15) is 4.99 Å². The van der Waals surface area contributed by atoms with Gasteiger partial charge in [0.15, 0.2) is 15.0 Å². The van der Waals surface area contributed by atoms with Crippen molar-refractivity contribution in [2.75, 3.05) is 22.3 Å². The molecule has 2 saturated heterocycles. The van der Waals surface area contributed by atoms with Crippen molar-refractivity contribution in [3.05, 3.63) is 27.8 Å². The van der Waals surface area contributed by atoms with Crippen LogP contribution in [0, 0.1) is 3.57 Å². The standard InChI is InChI=1S/C13H12ClIN2O3S2/c14-5-12(18)16-13-17(9-3-1-2-8(15)4-9)10-6-22(19,20)7-11(10)21-13/h1-4,10-11H,5-7H2/t10-,11-/m0/s1. The fourth-order valence-electron chi connectivity index (χ4n) is 2.63. The van der Waals surface area contributed by atoms with Crippen LogP contribution in [-0.4, -0.2) is 48.2 Å². The molecule has 9 heteroatoms. The second-order valence-electron chi connectivity index (χ2n) is 5.07. The van der Waals surface area contributed by atoms with Crippen LogP contribution >= 0.6 is 46.0 Å². The molecule has 1 amide bonds. The summed E-state index contributed by atoms with van der Waals surface area (Å²) in [4.78, 5) is 17.5. The summed E-state index contributed by atoms with van der Waals surface area (Å²) < 4.78 is 24.8. The van der Waals surface area contributed by atoms with E-state index in [4.69, 9.17) is 11.6 Å². The topological polar surface area (TPSA) is 66.8 Å². The van der Waals surface area contributed by atoms with Gasteiger partial charge in [0.05, 0.1) is 17.5 Å². The molecule has 2 aliphatic heterocycles. The van der Waals surface area contributed by atoms with E-state index < -0.39 is 15.7 Å². The van der Waals surface area contributed by atoms with E-state index in [1.54, 1.807) is 0 Å². The molecule has 2 aliphatic rings. The number of fused-ring (bicyclic) bond motifs is 1. The van der Waals surface area contributed by atoms with Crippen LogP contribution in [-0.2, 0) is 14.6 Å². The molecule has 0 unspecified atom stereocenters. The van der Waals surface area contributed by atoms with E-state index in [9.17, 15) is 13.2 Å². The zero-order valence-corrected chi connectivity index (χ0v) is 15.8. The Kier molecular flexibility index (Phi) is 4.73. The predicted octanol–water partition coefficient (Wildman–Crippen LogP) is 2.13. The molecule has 2 fully saturated rings. The SMILES string of the molecule is O=C(CCl)N=C1S[C@H]2CS(=O)(=O)C[C@@H]2N1c1cccc(I)c1. The average Bonchev–Trinajstić information content (AvgIpc) is 2.89. The van der Waals surface area contributed by atoms with E-state index in [0.717, 1.165) is 9.26 Å². The quantitative estimate of drug-likeness (QED) is 0.489. The molecule has 118 valence electrons. The number of aliphatic imine (C=N–C) groups is 1. The van der Waals surface area contributed by atoms with Crippen LogP contribution < -0.4 is 4.90 Å². The van der Waals surface area contributed by atoms with Gasteiger partial charge in [-0.05, 0) is 40.8 Å². The molecule has 0 radical (unpaired) electrons. The first-order valence-electron chi connectivity index (χ1n) is 6.49. The van der Waals surface area contributed by atoms with E-state index in [0.29, 0.717) is 5.17 Å². The third-order valence-electron chi connectivity index (χ3n) is 3.49. The van der Waals surface area contributed by atoms with Crippen LogP contribution in [0.4, 0.5) is 5.69 Å². The average molecular weight is 471 g/mol. The van der Waals surface area contributed by atoms with Crippen LogP contribution in [0.3, 0.4) is 0 Å². The van der Waals surface area contributed by atoms with Crippen molar-refractivity contribution in [3.63, 3.8) is 0 Å². The second kappa shape index (κ2) is 6.29. The lowest BCUT2D eigenvalue weighted by atomic mass is 10.2. The maximum atomic E-state index is 11.9. The predicted molar refractivity (Wildman–Crippen MR) is 98.6 cm³/mol. The number of thioether (sulfide) groups is 1. The van der Waals surface area contributed by atoms with E-state index in [-0.39, 0.29) is 28.7 Å². The molecular formula is C13H12ClIN2O3S2. The highest BCUT2D eigenvalue weighted by atomic mass is 127. The van der Waals surface area contributed by atoms with E-state index in [1.165, 1.54) is 11.8 Å². The molecule has 0 N–H and O–H groups in total. The number of alkyl halides is 1. The number of amides is 1. The van der Waals surface area contributed by atoms with Crippen LogP contribution in [0.2, 0.25) is 0 Å². The number of benzene rings is 1. The number of carbonyl (C=O) groups excluding carboxylic acids is 1. The van der Waals surface area contributed by atoms with Gasteiger partial charge in [-0.15, -0.1) is 11.6 Å². The third-order valence-corrected chi connectivity index (χ3v) is 7.60. The van der Waals surface area contributed by atoms with Crippen molar-refractivity contribution in [1.82, 2.24) is 0 Å². The fourth-order valence-corrected chi connectivity index (χ4v) is 7.15. The van der Waals surface area contributed by atoms with Crippen LogP contribution in [0.15, 0.2) is 29.3 Å². The lowest BCUT2D eigenvalue weighted by Gasteiger charge is -2.24. The fraction of sp³-hybridized carbons (Fsp3) is 0.385. The molecule has 5 nitrogen and oxygen atoms in total. The van der Waals surface area contributed by atoms with Gasteiger partial charge in [-0.25, -0.2) is 8.42 Å². The monoisotopic (exact) mass is 470 g/mol. The summed E-state index contributed by atoms with van der Waals surface area (Å²) >= 11 is 9.08. The number of anilines is 1. The van der Waals surface area contributed by atoms with Gasteiger partial charge in [0.2, 0.25) is 0 Å². The highest BCUT2D eigenvalue weighted by Crippen LogP contribution is 2.41. The molecule has 1 aromatic rings. The summed E-state index contributed by atoms with van der Waals surface area (Å²) in [6.07, 6.45) is 0. The maximum Gasteiger partial charge on any atom is 0.262 e. The van der Waals surface area contributed by atoms with Gasteiger partial charge in [-0.1, -0.05) is 17.8 Å². The molecule has 0 bridgehead atoms. The van der Waals surface area contributed by atoms with Gasteiger partial charge in [-0.3, -0.25) is 4.79 Å². The van der Waals surface area contributed by atoms with Gasteiger partial charge in [0, 0.05) is 14.5 Å². The summed E-state index contributed by atoms with van der Waals surface area (Å²) in [5, 5.41) is 0.447. The molecule has 22 heavy (non-hydrogen) atoms. The van der Waals surface area contributed by atoms with Crippen molar-refractivity contribution in [2.24, 2.45) is 4.99 Å². The molecule has 0 aromatic heterocycles. The summed E-state index contributed by atoms with van der Waals surface area (Å²) in [6, 6.07) is 7.53. The Bertz CT molecular complexity index is 753. The number of rotatable bonds is 2. The van der Waals surface area contributed by atoms with Crippen molar-refractivity contribution in [1.29, 1.82) is 0 Å². The first-order valence-corrected chi connectivity index (χ1v) is 10.8. The summed E-state index contributed by atoms with van der Waals surface area (Å²) in [5.74, 6) is -0.388. The molecule has 3 rings (SSSR count). The molecule has 0 spiro atoms. The second-order valence-corrected chi connectivity index (χ2v) is 9.95. The van der Waals surface area contributed by atoms with Crippen molar-refractivity contribution < 1.29 is 13.2 Å². The van der Waals surface area contributed by atoms with E-state index in [1.807, 2.05) is 29.2 Å². The first kappa shape index (κ1) is 16.5. The van der Waals surface area contributed by atoms with E-state index >= 15 is 0 Å². The molecule has 1 aromatic carbocycles. The molecular weight excluding hydrogens is 459 g/mol. The summed E-state index contributed by atoms with van der Waals surface area (Å²) in [6.45, 7) is 0. The number of amidine groups is 1. The van der Waals surface area contributed by atoms with Crippen molar-refractivity contribution in [3.8, 4) is 0 Å².